The zero-order valence-electron chi connectivity index (χ0n) is 12.8. The molecule has 0 aliphatic heterocycles. The number of unbranched alkanes of at least 4 members (excludes halogenated alkanes) is 2. The second-order valence-electron chi connectivity index (χ2n) is 5.23. The summed E-state index contributed by atoms with van der Waals surface area (Å²) in [7, 11) is 1.76. The molecule has 0 spiro atoms. The smallest absolute Gasteiger partial charge is 0.233 e. The lowest BCUT2D eigenvalue weighted by atomic mass is 9.97. The molecule has 21 heavy (non-hydrogen) atoms. The molecule has 3 N–H and O–H groups in total. The van der Waals surface area contributed by atoms with Gasteiger partial charge in [-0.15, -0.1) is 0 Å². The number of hydrogen-bond donors (Lipinski definition) is 2. The van der Waals surface area contributed by atoms with Gasteiger partial charge in [0.15, 0.2) is 5.84 Å². The van der Waals surface area contributed by atoms with Crippen LogP contribution in [0, 0.1) is 5.92 Å². The SMILES string of the molecule is CCCCCN(C)C(=O)C(Cc1ccccc1)C(N)=NO. The van der Waals surface area contributed by atoms with Gasteiger partial charge in [-0.25, -0.2) is 0 Å². The van der Waals surface area contributed by atoms with E-state index in [1.54, 1.807) is 11.9 Å². The summed E-state index contributed by atoms with van der Waals surface area (Å²) in [5.74, 6) is -0.763. The molecule has 1 aromatic rings. The van der Waals surface area contributed by atoms with Gasteiger partial charge < -0.3 is 15.8 Å². The Bertz CT molecular complexity index is 460. The molecular formula is C16H25N3O2. The Balaban J connectivity index is 2.75. The highest BCUT2D eigenvalue weighted by Crippen LogP contribution is 2.12. The van der Waals surface area contributed by atoms with Gasteiger partial charge in [0.1, 0.15) is 5.92 Å². The van der Waals surface area contributed by atoms with Crippen molar-refractivity contribution < 1.29 is 10.0 Å². The van der Waals surface area contributed by atoms with Crippen molar-refractivity contribution in [1.82, 2.24) is 4.90 Å². The van der Waals surface area contributed by atoms with Gasteiger partial charge in [-0.2, -0.15) is 0 Å². The van der Waals surface area contributed by atoms with Gasteiger partial charge in [-0.3, -0.25) is 4.79 Å². The summed E-state index contributed by atoms with van der Waals surface area (Å²) in [4.78, 5) is 14.2. The van der Waals surface area contributed by atoms with Gasteiger partial charge in [-0.05, 0) is 18.4 Å². The van der Waals surface area contributed by atoms with Gasteiger partial charge in [0.25, 0.3) is 0 Å². The highest BCUT2D eigenvalue weighted by atomic mass is 16.4. The van der Waals surface area contributed by atoms with E-state index in [1.165, 1.54) is 0 Å². The van der Waals surface area contributed by atoms with E-state index in [0.717, 1.165) is 24.8 Å². The van der Waals surface area contributed by atoms with Crippen molar-refractivity contribution in [3.63, 3.8) is 0 Å². The van der Waals surface area contributed by atoms with E-state index in [-0.39, 0.29) is 11.7 Å². The number of benzene rings is 1. The quantitative estimate of drug-likeness (QED) is 0.253. The van der Waals surface area contributed by atoms with Crippen LogP contribution >= 0.6 is 0 Å². The van der Waals surface area contributed by atoms with Gasteiger partial charge >= 0.3 is 0 Å². The first kappa shape index (κ1) is 17.0. The fourth-order valence-electron chi connectivity index (χ4n) is 2.21. The molecule has 5 nitrogen and oxygen atoms in total. The lowest BCUT2D eigenvalue weighted by Crippen LogP contribution is -2.41. The van der Waals surface area contributed by atoms with E-state index in [4.69, 9.17) is 10.9 Å². The highest BCUT2D eigenvalue weighted by Gasteiger charge is 2.26. The molecule has 0 radical (unpaired) electrons. The second-order valence-corrected chi connectivity index (χ2v) is 5.23. The molecule has 1 aromatic carbocycles. The van der Waals surface area contributed by atoms with Crippen LogP contribution in [0.4, 0.5) is 0 Å². The third-order valence-corrected chi connectivity index (χ3v) is 3.53. The van der Waals surface area contributed by atoms with Crippen LogP contribution in [-0.4, -0.2) is 35.4 Å². The number of rotatable bonds is 8. The Hall–Kier alpha value is -2.04. The predicted octanol–water partition coefficient (Wildman–Crippen LogP) is 2.24. The maximum Gasteiger partial charge on any atom is 0.233 e. The molecular weight excluding hydrogens is 266 g/mol. The molecule has 1 atom stereocenters. The number of nitrogens with two attached hydrogens (primary N) is 1. The Morgan fingerprint density at radius 3 is 2.57 bits per heavy atom. The Morgan fingerprint density at radius 2 is 2.00 bits per heavy atom. The summed E-state index contributed by atoms with van der Waals surface area (Å²) in [6.45, 7) is 2.81. The molecule has 0 aliphatic rings. The van der Waals surface area contributed by atoms with Crippen LogP contribution in [0.5, 0.6) is 0 Å². The van der Waals surface area contributed by atoms with Crippen LogP contribution in [0.15, 0.2) is 35.5 Å². The summed E-state index contributed by atoms with van der Waals surface area (Å²) < 4.78 is 0. The molecule has 0 heterocycles. The summed E-state index contributed by atoms with van der Waals surface area (Å²) >= 11 is 0. The molecule has 0 fully saturated rings. The van der Waals surface area contributed by atoms with Gasteiger partial charge in [0.05, 0.1) is 0 Å². The second kappa shape index (κ2) is 9.00. The maximum absolute atomic E-state index is 12.5. The first-order valence-corrected chi connectivity index (χ1v) is 7.36. The van der Waals surface area contributed by atoms with Crippen molar-refractivity contribution >= 4 is 11.7 Å². The van der Waals surface area contributed by atoms with Crippen LogP contribution in [-0.2, 0) is 11.2 Å². The van der Waals surface area contributed by atoms with Crippen LogP contribution in [0.25, 0.3) is 0 Å². The summed E-state index contributed by atoms with van der Waals surface area (Å²) in [5.41, 5.74) is 6.70. The lowest BCUT2D eigenvalue weighted by molar-refractivity contribution is -0.132. The van der Waals surface area contributed by atoms with Crippen molar-refractivity contribution in [2.24, 2.45) is 16.8 Å². The van der Waals surface area contributed by atoms with Crippen molar-refractivity contribution in [1.29, 1.82) is 0 Å². The third kappa shape index (κ3) is 5.45. The average Bonchev–Trinajstić information content (AvgIpc) is 2.52. The van der Waals surface area contributed by atoms with E-state index < -0.39 is 5.92 Å². The Labute approximate surface area is 126 Å². The molecule has 1 amide bonds. The van der Waals surface area contributed by atoms with E-state index in [9.17, 15) is 4.79 Å². The molecule has 116 valence electrons. The molecule has 5 heteroatoms. The summed E-state index contributed by atoms with van der Waals surface area (Å²) in [5, 5.41) is 12.0. The first-order valence-electron chi connectivity index (χ1n) is 7.36. The minimum Gasteiger partial charge on any atom is -0.409 e. The zero-order chi connectivity index (χ0) is 15.7. The van der Waals surface area contributed by atoms with Crippen molar-refractivity contribution in [3.05, 3.63) is 35.9 Å². The minimum atomic E-state index is -0.621. The van der Waals surface area contributed by atoms with Gasteiger partial charge in [0.2, 0.25) is 5.91 Å². The number of hydrogen-bond acceptors (Lipinski definition) is 3. The minimum absolute atomic E-state index is 0.0359. The van der Waals surface area contributed by atoms with E-state index >= 15 is 0 Å². The van der Waals surface area contributed by atoms with Crippen molar-refractivity contribution in [3.8, 4) is 0 Å². The predicted molar refractivity (Wildman–Crippen MR) is 84.2 cm³/mol. The fraction of sp³-hybridized carbons (Fsp3) is 0.500. The van der Waals surface area contributed by atoms with Crippen LogP contribution in [0.1, 0.15) is 31.7 Å². The highest BCUT2D eigenvalue weighted by molar-refractivity contribution is 6.02. The Kier molecular flexibility index (Phi) is 7.29. The zero-order valence-corrected chi connectivity index (χ0v) is 12.8. The molecule has 0 saturated heterocycles. The van der Waals surface area contributed by atoms with Crippen LogP contribution in [0.3, 0.4) is 0 Å². The van der Waals surface area contributed by atoms with Gasteiger partial charge in [0, 0.05) is 13.6 Å². The topological polar surface area (TPSA) is 78.9 Å². The van der Waals surface area contributed by atoms with Crippen molar-refractivity contribution in [2.75, 3.05) is 13.6 Å². The first-order chi connectivity index (χ1) is 10.1. The molecule has 1 rings (SSSR count). The Morgan fingerprint density at radius 1 is 1.33 bits per heavy atom. The molecule has 0 aliphatic carbocycles. The molecule has 0 bridgehead atoms. The number of carbonyl (C=O) groups is 1. The largest absolute Gasteiger partial charge is 0.409 e. The normalized spacial score (nSPS) is 13.0. The monoisotopic (exact) mass is 291 g/mol. The average molecular weight is 291 g/mol. The standard InChI is InChI=1S/C16H25N3O2/c1-3-4-8-11-19(2)16(20)14(15(17)18-21)12-13-9-6-5-7-10-13/h5-7,9-10,14,21H,3-4,8,11-12H2,1-2H3,(H2,17,18). The van der Waals surface area contributed by atoms with E-state index in [2.05, 4.69) is 12.1 Å². The lowest BCUT2D eigenvalue weighted by Gasteiger charge is -2.23. The molecule has 1 unspecified atom stereocenters. The summed E-state index contributed by atoms with van der Waals surface area (Å²) in [6, 6.07) is 9.60. The van der Waals surface area contributed by atoms with Crippen LogP contribution < -0.4 is 5.73 Å². The van der Waals surface area contributed by atoms with Crippen molar-refractivity contribution in [2.45, 2.75) is 32.6 Å². The summed E-state index contributed by atoms with van der Waals surface area (Å²) in [6.07, 6.45) is 3.60. The number of nitrogens with zero attached hydrogens (tertiary/aromatic N) is 2. The number of amidine groups is 1. The fourth-order valence-corrected chi connectivity index (χ4v) is 2.21. The molecule has 0 saturated carbocycles. The molecule has 0 aromatic heterocycles. The van der Waals surface area contributed by atoms with E-state index in [0.29, 0.717) is 13.0 Å². The van der Waals surface area contributed by atoms with Crippen LogP contribution in [0.2, 0.25) is 0 Å². The maximum atomic E-state index is 12.5. The van der Waals surface area contributed by atoms with Gasteiger partial charge in [-0.1, -0.05) is 55.3 Å². The number of oxime groups is 1. The van der Waals surface area contributed by atoms with E-state index in [1.807, 2.05) is 30.3 Å². The third-order valence-electron chi connectivity index (χ3n) is 3.53. The number of amides is 1. The number of carbonyl (C=O) groups excluding carboxylic acids is 1.